The second kappa shape index (κ2) is 8.40. The van der Waals surface area contributed by atoms with Gasteiger partial charge in [0.25, 0.3) is 0 Å². The number of rotatable bonds is 9. The Bertz CT molecular complexity index is 415. The van der Waals surface area contributed by atoms with Crippen LogP contribution in [0.5, 0.6) is 0 Å². The maximum atomic E-state index is 5.55. The Balaban J connectivity index is 2.83. The molecule has 0 spiro atoms. The average Bonchev–Trinajstić information content (AvgIpc) is 2.47. The topological polar surface area (TPSA) is 24.5 Å². The van der Waals surface area contributed by atoms with Gasteiger partial charge in [-0.2, -0.15) is 0 Å². The molecular formula is C18H32N2O. The molecular weight excluding hydrogens is 260 g/mol. The van der Waals surface area contributed by atoms with Gasteiger partial charge >= 0.3 is 0 Å². The third kappa shape index (κ3) is 6.06. The van der Waals surface area contributed by atoms with E-state index in [0.29, 0.717) is 6.04 Å². The maximum Gasteiger partial charge on any atom is 0.0623 e. The van der Waals surface area contributed by atoms with E-state index in [1.165, 1.54) is 11.3 Å². The van der Waals surface area contributed by atoms with Crippen molar-refractivity contribution in [3.8, 4) is 0 Å². The summed E-state index contributed by atoms with van der Waals surface area (Å²) >= 11 is 0. The number of hydrogen-bond donors (Lipinski definition) is 1. The first-order valence-electron chi connectivity index (χ1n) is 7.95. The Labute approximate surface area is 130 Å². The monoisotopic (exact) mass is 292 g/mol. The lowest BCUT2D eigenvalue weighted by atomic mass is 9.94. The van der Waals surface area contributed by atoms with Crippen LogP contribution >= 0.6 is 0 Å². The number of ether oxygens (including phenoxy) is 1. The van der Waals surface area contributed by atoms with E-state index < -0.39 is 0 Å². The van der Waals surface area contributed by atoms with E-state index in [-0.39, 0.29) is 5.60 Å². The summed E-state index contributed by atoms with van der Waals surface area (Å²) in [5.74, 6) is 0. The van der Waals surface area contributed by atoms with Gasteiger partial charge in [-0.3, -0.25) is 0 Å². The Hall–Kier alpha value is -1.06. The molecule has 0 aliphatic heterocycles. The molecule has 1 N–H and O–H groups in total. The highest BCUT2D eigenvalue weighted by atomic mass is 16.5. The van der Waals surface area contributed by atoms with Crippen molar-refractivity contribution in [2.24, 2.45) is 0 Å². The molecule has 1 aromatic carbocycles. The molecule has 0 bridgehead atoms. The van der Waals surface area contributed by atoms with Crippen LogP contribution in [0.4, 0.5) is 5.69 Å². The van der Waals surface area contributed by atoms with E-state index in [1.807, 2.05) is 0 Å². The van der Waals surface area contributed by atoms with Gasteiger partial charge in [0, 0.05) is 32.9 Å². The standard InChI is InChI=1S/C18H32N2O/c1-7-13-19-17(11-12-18(2,3)21-6)15-9-8-10-16(14-15)20(4)5/h8-10,14,17,19H,7,11-13H2,1-6H3. The first-order chi connectivity index (χ1) is 9.89. The van der Waals surface area contributed by atoms with Crippen molar-refractivity contribution in [2.75, 3.05) is 32.6 Å². The van der Waals surface area contributed by atoms with Crippen LogP contribution in [0, 0.1) is 0 Å². The molecule has 3 nitrogen and oxygen atoms in total. The summed E-state index contributed by atoms with van der Waals surface area (Å²) in [5.41, 5.74) is 2.55. The van der Waals surface area contributed by atoms with E-state index in [9.17, 15) is 0 Å². The predicted molar refractivity (Wildman–Crippen MR) is 92.1 cm³/mol. The highest BCUT2D eigenvalue weighted by Crippen LogP contribution is 2.26. The Morgan fingerprint density at radius 2 is 2.00 bits per heavy atom. The van der Waals surface area contributed by atoms with Crippen LogP contribution in [0.3, 0.4) is 0 Å². The molecule has 1 aromatic rings. The van der Waals surface area contributed by atoms with Crippen molar-refractivity contribution < 1.29 is 4.74 Å². The van der Waals surface area contributed by atoms with Crippen molar-refractivity contribution in [2.45, 2.75) is 51.7 Å². The molecule has 3 heteroatoms. The van der Waals surface area contributed by atoms with Crippen molar-refractivity contribution >= 4 is 5.69 Å². The highest BCUT2D eigenvalue weighted by molar-refractivity contribution is 5.47. The van der Waals surface area contributed by atoms with Crippen LogP contribution in [0.15, 0.2) is 24.3 Å². The first kappa shape index (κ1) is 18.0. The Kier molecular flexibility index (Phi) is 7.20. The largest absolute Gasteiger partial charge is 0.379 e. The summed E-state index contributed by atoms with van der Waals surface area (Å²) in [6.45, 7) is 7.56. The van der Waals surface area contributed by atoms with Crippen molar-refractivity contribution in [1.82, 2.24) is 5.32 Å². The second-order valence-electron chi connectivity index (χ2n) is 6.50. The van der Waals surface area contributed by atoms with Gasteiger partial charge in [-0.05, 0) is 57.4 Å². The fourth-order valence-electron chi connectivity index (χ4n) is 2.32. The third-order valence-electron chi connectivity index (χ3n) is 4.02. The third-order valence-corrected chi connectivity index (χ3v) is 4.02. The van der Waals surface area contributed by atoms with E-state index in [2.05, 4.69) is 69.3 Å². The first-order valence-corrected chi connectivity index (χ1v) is 7.95. The molecule has 0 fully saturated rings. The van der Waals surface area contributed by atoms with Crippen LogP contribution < -0.4 is 10.2 Å². The van der Waals surface area contributed by atoms with Gasteiger partial charge in [0.2, 0.25) is 0 Å². The molecule has 0 aliphatic carbocycles. The van der Waals surface area contributed by atoms with Crippen LogP contribution in [0.2, 0.25) is 0 Å². The Morgan fingerprint density at radius 3 is 2.57 bits per heavy atom. The average molecular weight is 292 g/mol. The second-order valence-corrected chi connectivity index (χ2v) is 6.50. The molecule has 0 saturated heterocycles. The Morgan fingerprint density at radius 1 is 1.29 bits per heavy atom. The maximum absolute atomic E-state index is 5.55. The fourth-order valence-corrected chi connectivity index (χ4v) is 2.32. The molecule has 1 rings (SSSR count). The van der Waals surface area contributed by atoms with E-state index in [1.54, 1.807) is 7.11 Å². The lowest BCUT2D eigenvalue weighted by Gasteiger charge is -2.27. The lowest BCUT2D eigenvalue weighted by Crippen LogP contribution is -2.28. The van der Waals surface area contributed by atoms with Crippen LogP contribution in [-0.4, -0.2) is 33.4 Å². The lowest BCUT2D eigenvalue weighted by molar-refractivity contribution is 0.0117. The van der Waals surface area contributed by atoms with E-state index in [4.69, 9.17) is 4.74 Å². The van der Waals surface area contributed by atoms with Gasteiger partial charge in [0.05, 0.1) is 5.60 Å². The van der Waals surface area contributed by atoms with Gasteiger partial charge in [-0.25, -0.2) is 0 Å². The number of nitrogens with zero attached hydrogens (tertiary/aromatic N) is 1. The minimum absolute atomic E-state index is 0.0642. The van der Waals surface area contributed by atoms with Gasteiger partial charge in [-0.1, -0.05) is 19.1 Å². The minimum atomic E-state index is -0.0642. The quantitative estimate of drug-likeness (QED) is 0.744. The zero-order valence-electron chi connectivity index (χ0n) is 14.6. The number of benzene rings is 1. The van der Waals surface area contributed by atoms with Gasteiger partial charge in [-0.15, -0.1) is 0 Å². The zero-order valence-corrected chi connectivity index (χ0v) is 14.6. The molecule has 1 unspecified atom stereocenters. The van der Waals surface area contributed by atoms with Crippen molar-refractivity contribution in [3.05, 3.63) is 29.8 Å². The molecule has 21 heavy (non-hydrogen) atoms. The summed E-state index contributed by atoms with van der Waals surface area (Å²) < 4.78 is 5.55. The highest BCUT2D eigenvalue weighted by Gasteiger charge is 2.20. The van der Waals surface area contributed by atoms with Crippen LogP contribution in [0.1, 0.15) is 51.6 Å². The molecule has 0 amide bonds. The molecule has 0 aromatic heterocycles. The molecule has 0 heterocycles. The fraction of sp³-hybridized carbons (Fsp3) is 0.667. The van der Waals surface area contributed by atoms with E-state index >= 15 is 0 Å². The summed E-state index contributed by atoms with van der Waals surface area (Å²) in [4.78, 5) is 2.15. The summed E-state index contributed by atoms with van der Waals surface area (Å²) in [6, 6.07) is 9.19. The molecule has 1 atom stereocenters. The molecule has 0 saturated carbocycles. The van der Waals surface area contributed by atoms with Crippen molar-refractivity contribution in [1.29, 1.82) is 0 Å². The van der Waals surface area contributed by atoms with Gasteiger partial charge in [0.15, 0.2) is 0 Å². The molecule has 120 valence electrons. The van der Waals surface area contributed by atoms with Gasteiger partial charge in [0.1, 0.15) is 0 Å². The van der Waals surface area contributed by atoms with Crippen molar-refractivity contribution in [3.63, 3.8) is 0 Å². The number of hydrogen-bond acceptors (Lipinski definition) is 3. The SMILES string of the molecule is CCCNC(CCC(C)(C)OC)c1cccc(N(C)C)c1. The minimum Gasteiger partial charge on any atom is -0.379 e. The number of nitrogens with one attached hydrogen (secondary N) is 1. The summed E-state index contributed by atoms with van der Waals surface area (Å²) in [5, 5.41) is 3.67. The molecule has 0 radical (unpaired) electrons. The zero-order chi connectivity index (χ0) is 15.9. The van der Waals surface area contributed by atoms with Crippen LogP contribution in [0.25, 0.3) is 0 Å². The number of methoxy groups -OCH3 is 1. The normalized spacial score (nSPS) is 13.2. The van der Waals surface area contributed by atoms with E-state index in [0.717, 1.165) is 25.8 Å². The predicted octanol–water partition coefficient (Wildman–Crippen LogP) is 4.00. The summed E-state index contributed by atoms with van der Waals surface area (Å²) in [7, 11) is 5.96. The molecule has 0 aliphatic rings. The number of anilines is 1. The van der Waals surface area contributed by atoms with Gasteiger partial charge < -0.3 is 15.0 Å². The van der Waals surface area contributed by atoms with Crippen LogP contribution in [-0.2, 0) is 4.74 Å². The summed E-state index contributed by atoms with van der Waals surface area (Å²) in [6.07, 6.45) is 3.27. The smallest absolute Gasteiger partial charge is 0.0623 e.